The summed E-state index contributed by atoms with van der Waals surface area (Å²) in [5.74, 6) is 3.34. The second kappa shape index (κ2) is 10.7. The van der Waals surface area contributed by atoms with Gasteiger partial charge in [-0.1, -0.05) is 12.1 Å². The molecule has 2 N–H and O–H groups in total. The van der Waals surface area contributed by atoms with Crippen LogP contribution in [0.1, 0.15) is 27.1 Å². The minimum Gasteiger partial charge on any atom is -0.497 e. The van der Waals surface area contributed by atoms with E-state index in [1.165, 1.54) is 10.4 Å². The minimum absolute atomic E-state index is 0.464. The number of rotatable bonds is 9. The molecule has 0 amide bonds. The van der Waals surface area contributed by atoms with Crippen molar-refractivity contribution < 1.29 is 4.74 Å². The van der Waals surface area contributed by atoms with E-state index < -0.39 is 0 Å². The van der Waals surface area contributed by atoms with E-state index in [0.717, 1.165) is 54.3 Å². The first kappa shape index (κ1) is 21.8. The van der Waals surface area contributed by atoms with Crippen molar-refractivity contribution in [2.24, 2.45) is 12.0 Å². The fourth-order valence-corrected chi connectivity index (χ4v) is 3.62. The summed E-state index contributed by atoms with van der Waals surface area (Å²) in [4.78, 5) is 10.4. The van der Waals surface area contributed by atoms with Gasteiger partial charge in [-0.15, -0.1) is 21.5 Å². The highest BCUT2D eigenvalue weighted by molar-refractivity contribution is 7.11. The molecule has 0 unspecified atom stereocenters. The van der Waals surface area contributed by atoms with Crippen LogP contribution in [0.15, 0.2) is 35.5 Å². The number of aromatic nitrogens is 4. The summed E-state index contributed by atoms with van der Waals surface area (Å²) in [7, 11) is 3.63. The van der Waals surface area contributed by atoms with Crippen LogP contribution in [0.5, 0.6) is 5.75 Å². The van der Waals surface area contributed by atoms with Gasteiger partial charge >= 0.3 is 0 Å². The molecule has 0 saturated heterocycles. The summed E-state index contributed by atoms with van der Waals surface area (Å²) in [6.45, 7) is 6.00. The smallest absolute Gasteiger partial charge is 0.191 e. The number of aliphatic imine (C=N–C) groups is 1. The predicted molar refractivity (Wildman–Crippen MR) is 120 cm³/mol. The Balaban J connectivity index is 1.56. The van der Waals surface area contributed by atoms with E-state index in [0.29, 0.717) is 6.54 Å². The van der Waals surface area contributed by atoms with E-state index in [-0.39, 0.29) is 0 Å². The van der Waals surface area contributed by atoms with Gasteiger partial charge in [0.05, 0.1) is 12.1 Å². The van der Waals surface area contributed by atoms with Crippen molar-refractivity contribution in [3.05, 3.63) is 57.6 Å². The first-order chi connectivity index (χ1) is 14.5. The van der Waals surface area contributed by atoms with Gasteiger partial charge in [-0.3, -0.25) is 0 Å². The van der Waals surface area contributed by atoms with Crippen LogP contribution in [0.25, 0.3) is 0 Å². The largest absolute Gasteiger partial charge is 0.497 e. The molecular formula is C21H29N7OS. The molecule has 0 radical (unpaired) electrons. The summed E-state index contributed by atoms with van der Waals surface area (Å²) in [5.41, 5.74) is 1.24. The molecule has 8 nitrogen and oxygen atoms in total. The Morgan fingerprint density at radius 1 is 1.10 bits per heavy atom. The van der Waals surface area contributed by atoms with E-state index in [1.807, 2.05) is 36.9 Å². The topological polar surface area (TPSA) is 89.2 Å². The average Bonchev–Trinajstić information content (AvgIpc) is 3.31. The molecule has 30 heavy (non-hydrogen) atoms. The summed E-state index contributed by atoms with van der Waals surface area (Å²) < 4.78 is 7.17. The molecule has 0 aliphatic carbocycles. The number of methoxy groups -OCH3 is 1. The third-order valence-electron chi connectivity index (χ3n) is 4.73. The van der Waals surface area contributed by atoms with Crippen molar-refractivity contribution in [2.45, 2.75) is 33.2 Å². The van der Waals surface area contributed by atoms with Gasteiger partial charge in [0.15, 0.2) is 11.8 Å². The van der Waals surface area contributed by atoms with Gasteiger partial charge in [-0.2, -0.15) is 0 Å². The number of thiazole rings is 1. The van der Waals surface area contributed by atoms with Crippen molar-refractivity contribution in [1.29, 1.82) is 0 Å². The molecule has 0 aliphatic rings. The fourth-order valence-electron chi connectivity index (χ4n) is 2.84. The zero-order chi connectivity index (χ0) is 21.3. The van der Waals surface area contributed by atoms with Crippen LogP contribution in [-0.4, -0.2) is 45.9 Å². The Hall–Kier alpha value is -2.94. The van der Waals surface area contributed by atoms with Crippen LogP contribution in [0.3, 0.4) is 0 Å². The van der Waals surface area contributed by atoms with Crippen molar-refractivity contribution in [3.8, 4) is 5.75 Å². The van der Waals surface area contributed by atoms with Crippen molar-refractivity contribution in [1.82, 2.24) is 30.4 Å². The second-order valence-corrected chi connectivity index (χ2v) is 8.27. The van der Waals surface area contributed by atoms with Gasteiger partial charge in [-0.05, 0) is 38.0 Å². The molecule has 0 fully saturated rings. The van der Waals surface area contributed by atoms with Crippen LogP contribution in [-0.2, 0) is 26.4 Å². The fraction of sp³-hybridized carbons (Fsp3) is 0.429. The number of nitrogens with one attached hydrogen (secondary N) is 2. The van der Waals surface area contributed by atoms with Crippen LogP contribution in [0, 0.1) is 13.8 Å². The lowest BCUT2D eigenvalue weighted by atomic mass is 10.1. The normalized spacial score (nSPS) is 11.5. The Bertz CT molecular complexity index is 962. The van der Waals surface area contributed by atoms with Crippen LogP contribution < -0.4 is 15.4 Å². The van der Waals surface area contributed by atoms with Crippen LogP contribution in [0.2, 0.25) is 0 Å². The average molecular weight is 428 g/mol. The van der Waals surface area contributed by atoms with E-state index >= 15 is 0 Å². The van der Waals surface area contributed by atoms with Crippen LogP contribution in [0.4, 0.5) is 0 Å². The molecule has 3 aromatic rings. The molecule has 0 bridgehead atoms. The number of benzene rings is 1. The van der Waals surface area contributed by atoms with Gasteiger partial charge < -0.3 is 19.9 Å². The van der Waals surface area contributed by atoms with E-state index in [4.69, 9.17) is 9.73 Å². The highest BCUT2D eigenvalue weighted by Gasteiger charge is 2.06. The molecule has 9 heteroatoms. The minimum atomic E-state index is 0.464. The zero-order valence-electron chi connectivity index (χ0n) is 18.0. The lowest BCUT2D eigenvalue weighted by Gasteiger charge is -2.12. The number of guanidine groups is 1. The highest BCUT2D eigenvalue weighted by atomic mass is 32.1. The molecule has 3 rings (SSSR count). The molecule has 0 saturated carbocycles. The Labute approximate surface area is 181 Å². The molecule has 2 heterocycles. The molecule has 0 atom stereocenters. The standard InChI is InChI=1S/C21H29N7OS/c1-15-13-24-20(30-15)10-12-23-21(25-14-19-27-26-16(2)28(19)3)22-11-9-17-5-7-18(29-4)8-6-17/h5-8,13H,9-12,14H2,1-4H3,(H2,22,23,25). The highest BCUT2D eigenvalue weighted by Crippen LogP contribution is 2.12. The van der Waals surface area contributed by atoms with E-state index in [1.54, 1.807) is 18.4 Å². The van der Waals surface area contributed by atoms with Crippen molar-refractivity contribution in [3.63, 3.8) is 0 Å². The summed E-state index contributed by atoms with van der Waals surface area (Å²) >= 11 is 1.73. The maximum Gasteiger partial charge on any atom is 0.191 e. The number of hydrogen-bond donors (Lipinski definition) is 2. The molecular weight excluding hydrogens is 398 g/mol. The van der Waals surface area contributed by atoms with Gasteiger partial charge in [0.1, 0.15) is 18.1 Å². The molecule has 2 aromatic heterocycles. The van der Waals surface area contributed by atoms with Gasteiger partial charge in [0.25, 0.3) is 0 Å². The molecule has 0 aliphatic heterocycles. The molecule has 1 aromatic carbocycles. The quantitative estimate of drug-likeness (QED) is 0.403. The number of aryl methyl sites for hydroxylation is 2. The zero-order valence-corrected chi connectivity index (χ0v) is 18.8. The molecule has 160 valence electrons. The third-order valence-corrected chi connectivity index (χ3v) is 5.70. The van der Waals surface area contributed by atoms with Gasteiger partial charge in [0.2, 0.25) is 0 Å². The Morgan fingerprint density at radius 3 is 2.43 bits per heavy atom. The van der Waals surface area contributed by atoms with E-state index in [9.17, 15) is 0 Å². The Kier molecular flexibility index (Phi) is 7.78. The third kappa shape index (κ3) is 6.28. The van der Waals surface area contributed by atoms with Crippen LogP contribution >= 0.6 is 11.3 Å². The first-order valence-electron chi connectivity index (χ1n) is 9.96. The number of nitrogens with zero attached hydrogens (tertiary/aromatic N) is 5. The Morgan fingerprint density at radius 2 is 1.83 bits per heavy atom. The lowest BCUT2D eigenvalue weighted by molar-refractivity contribution is 0.414. The predicted octanol–water partition coefficient (Wildman–Crippen LogP) is 2.42. The SMILES string of the molecule is COc1ccc(CCNC(=NCc2nnc(C)n2C)NCCc2ncc(C)s2)cc1. The van der Waals surface area contributed by atoms with Gasteiger partial charge in [-0.25, -0.2) is 9.98 Å². The van der Waals surface area contributed by atoms with Gasteiger partial charge in [0, 0.05) is 37.6 Å². The summed E-state index contributed by atoms with van der Waals surface area (Å²) in [6.07, 6.45) is 3.67. The van der Waals surface area contributed by atoms with Crippen molar-refractivity contribution >= 4 is 17.3 Å². The summed E-state index contributed by atoms with van der Waals surface area (Å²) in [5, 5.41) is 16.2. The maximum absolute atomic E-state index is 5.22. The maximum atomic E-state index is 5.22. The number of hydrogen-bond acceptors (Lipinski definition) is 6. The number of ether oxygens (including phenoxy) is 1. The lowest BCUT2D eigenvalue weighted by Crippen LogP contribution is -2.39. The monoisotopic (exact) mass is 427 g/mol. The second-order valence-electron chi connectivity index (χ2n) is 6.95. The van der Waals surface area contributed by atoms with E-state index in [2.05, 4.69) is 44.9 Å². The first-order valence-corrected chi connectivity index (χ1v) is 10.8. The molecule has 0 spiro atoms. The summed E-state index contributed by atoms with van der Waals surface area (Å²) in [6, 6.07) is 8.12. The van der Waals surface area contributed by atoms with Crippen molar-refractivity contribution in [2.75, 3.05) is 20.2 Å².